The van der Waals surface area contributed by atoms with Gasteiger partial charge in [-0.05, 0) is 13.3 Å². The second-order valence-corrected chi connectivity index (χ2v) is 7.26. The van der Waals surface area contributed by atoms with Crippen LogP contribution in [-0.4, -0.2) is 91.8 Å². The van der Waals surface area contributed by atoms with Gasteiger partial charge in [-0.25, -0.2) is 9.78 Å². The minimum atomic E-state index is -1.64. The van der Waals surface area contributed by atoms with Crippen LogP contribution >= 0.6 is 0 Å². The number of hydrogen-bond donors (Lipinski definition) is 9. The van der Waals surface area contributed by atoms with Crippen molar-refractivity contribution in [3.8, 4) is 0 Å². The van der Waals surface area contributed by atoms with E-state index in [1.165, 1.54) is 19.4 Å². The molecule has 0 aliphatic carbocycles. The molecule has 0 bridgehead atoms. The third-order valence-electron chi connectivity index (χ3n) is 4.54. The van der Waals surface area contributed by atoms with Crippen LogP contribution in [0.25, 0.3) is 0 Å². The van der Waals surface area contributed by atoms with E-state index in [0.29, 0.717) is 5.69 Å². The highest BCUT2D eigenvalue weighted by molar-refractivity contribution is 5.94. The molecule has 0 saturated carbocycles. The number of aliphatic carboxylic acids is 1. The van der Waals surface area contributed by atoms with Gasteiger partial charge in [-0.3, -0.25) is 19.2 Å². The molecule has 1 rings (SSSR count). The number of aromatic amines is 1. The van der Waals surface area contributed by atoms with E-state index >= 15 is 0 Å². The third kappa shape index (κ3) is 9.22. The average Bonchev–Trinajstić information content (AvgIpc) is 3.25. The van der Waals surface area contributed by atoms with Gasteiger partial charge in [0, 0.05) is 24.7 Å². The summed E-state index contributed by atoms with van der Waals surface area (Å²) in [6.45, 7) is 0.381. The van der Waals surface area contributed by atoms with Crippen LogP contribution in [0.1, 0.15) is 25.5 Å². The van der Waals surface area contributed by atoms with Crippen molar-refractivity contribution < 1.29 is 39.3 Å². The van der Waals surface area contributed by atoms with Gasteiger partial charge < -0.3 is 47.7 Å². The molecular weight excluding hydrogens is 442 g/mol. The van der Waals surface area contributed by atoms with Gasteiger partial charge in [0.15, 0.2) is 0 Å². The number of carbonyl (C=O) groups excluding carboxylic acids is 4. The number of primary amides is 1. The smallest absolute Gasteiger partial charge is 0.328 e. The number of aromatic nitrogens is 2. The Hall–Kier alpha value is -3.56. The Morgan fingerprint density at radius 3 is 2.12 bits per heavy atom. The highest BCUT2D eigenvalue weighted by Crippen LogP contribution is 2.04. The number of aliphatic hydroxyl groups excluding tert-OH is 2. The summed E-state index contributed by atoms with van der Waals surface area (Å²) in [6.07, 6.45) is 0.848. The van der Waals surface area contributed by atoms with Gasteiger partial charge >= 0.3 is 5.97 Å². The summed E-state index contributed by atoms with van der Waals surface area (Å²) in [4.78, 5) is 66.5. The normalized spacial score (nSPS) is 15.4. The van der Waals surface area contributed by atoms with Crippen LogP contribution in [0.4, 0.5) is 0 Å². The van der Waals surface area contributed by atoms with E-state index in [1.807, 2.05) is 5.32 Å². The van der Waals surface area contributed by atoms with Crippen molar-refractivity contribution in [1.82, 2.24) is 25.9 Å². The van der Waals surface area contributed by atoms with Gasteiger partial charge in [-0.2, -0.15) is 0 Å². The Morgan fingerprint density at radius 2 is 1.64 bits per heavy atom. The highest BCUT2D eigenvalue weighted by Gasteiger charge is 2.31. The van der Waals surface area contributed by atoms with Gasteiger partial charge in [0.25, 0.3) is 0 Å². The molecule has 11 N–H and O–H groups in total. The first-order chi connectivity index (χ1) is 15.5. The second-order valence-electron chi connectivity index (χ2n) is 7.26. The van der Waals surface area contributed by atoms with Crippen LogP contribution in [0.15, 0.2) is 12.5 Å². The van der Waals surface area contributed by atoms with E-state index in [9.17, 15) is 29.1 Å². The van der Waals surface area contributed by atoms with Gasteiger partial charge in [-0.15, -0.1) is 0 Å². The van der Waals surface area contributed by atoms with Crippen molar-refractivity contribution in [3.63, 3.8) is 0 Å². The number of aliphatic hydroxyl groups is 2. The fraction of sp³-hybridized carbons (Fsp3) is 0.556. The molecule has 0 aliphatic rings. The average molecular weight is 471 g/mol. The largest absolute Gasteiger partial charge is 0.480 e. The molecule has 0 fully saturated rings. The van der Waals surface area contributed by atoms with E-state index in [2.05, 4.69) is 20.6 Å². The van der Waals surface area contributed by atoms with Crippen molar-refractivity contribution in [2.24, 2.45) is 11.5 Å². The van der Waals surface area contributed by atoms with Crippen molar-refractivity contribution >= 4 is 29.6 Å². The van der Waals surface area contributed by atoms with E-state index in [-0.39, 0.29) is 19.3 Å². The molecule has 0 saturated heterocycles. The number of amides is 4. The van der Waals surface area contributed by atoms with Crippen LogP contribution in [0, 0.1) is 0 Å². The summed E-state index contributed by atoms with van der Waals surface area (Å²) in [5.41, 5.74) is 11.2. The lowest BCUT2D eigenvalue weighted by molar-refractivity contribution is -0.143. The molecule has 33 heavy (non-hydrogen) atoms. The molecule has 0 radical (unpaired) electrons. The number of carboxylic acid groups (broad SMARTS) is 1. The number of nitrogens with two attached hydrogens (primary N) is 2. The quantitative estimate of drug-likeness (QED) is 0.125. The minimum Gasteiger partial charge on any atom is -0.480 e. The van der Waals surface area contributed by atoms with Crippen LogP contribution < -0.4 is 27.4 Å². The first-order valence-corrected chi connectivity index (χ1v) is 9.90. The lowest BCUT2D eigenvalue weighted by Crippen LogP contribution is -2.59. The number of nitrogens with zero attached hydrogens (tertiary/aromatic N) is 1. The molecule has 0 aromatic carbocycles. The van der Waals surface area contributed by atoms with E-state index in [1.54, 1.807) is 0 Å². The van der Waals surface area contributed by atoms with Crippen molar-refractivity contribution in [2.75, 3.05) is 6.61 Å². The van der Waals surface area contributed by atoms with Crippen LogP contribution in [0.2, 0.25) is 0 Å². The fourth-order valence-electron chi connectivity index (χ4n) is 2.60. The zero-order chi connectivity index (χ0) is 25.1. The Labute approximate surface area is 188 Å². The lowest BCUT2D eigenvalue weighted by atomic mass is 10.1. The minimum absolute atomic E-state index is 0.0946. The standard InChI is InChI=1S/C18H29N7O8/c1-8(27)14(20)17(31)24-11(4-9-5-21-7-22-9)16(30)23-10(2-3-13(19)28)15(29)25-12(6-26)18(32)33/h5,7-8,10-12,14,26-27H,2-4,6,20H2,1H3,(H2,19,28)(H,21,22)(H,23,30)(H,24,31)(H,25,29)(H,32,33). The van der Waals surface area contributed by atoms with E-state index < -0.39 is 66.5 Å². The molecule has 1 aromatic heterocycles. The van der Waals surface area contributed by atoms with Crippen LogP contribution in [-0.2, 0) is 30.4 Å². The zero-order valence-corrected chi connectivity index (χ0v) is 17.9. The summed E-state index contributed by atoms with van der Waals surface area (Å²) in [6, 6.07) is -5.67. The topological polar surface area (TPSA) is 263 Å². The van der Waals surface area contributed by atoms with Crippen molar-refractivity contribution in [2.45, 2.75) is 56.5 Å². The Bertz CT molecular complexity index is 830. The number of carboxylic acids is 1. The molecule has 1 heterocycles. The maximum absolute atomic E-state index is 12.9. The van der Waals surface area contributed by atoms with Crippen LogP contribution in [0.5, 0.6) is 0 Å². The predicted molar refractivity (Wildman–Crippen MR) is 111 cm³/mol. The molecule has 1 aromatic rings. The number of H-pyrrole nitrogens is 1. The first kappa shape index (κ1) is 27.5. The highest BCUT2D eigenvalue weighted by atomic mass is 16.4. The fourth-order valence-corrected chi connectivity index (χ4v) is 2.60. The van der Waals surface area contributed by atoms with Gasteiger partial charge in [-0.1, -0.05) is 0 Å². The number of nitrogens with one attached hydrogen (secondary N) is 4. The molecular formula is C18H29N7O8. The molecule has 184 valence electrons. The van der Waals surface area contributed by atoms with E-state index in [4.69, 9.17) is 21.7 Å². The summed E-state index contributed by atoms with van der Waals surface area (Å²) in [5, 5.41) is 34.4. The van der Waals surface area contributed by atoms with Crippen LogP contribution in [0.3, 0.4) is 0 Å². The first-order valence-electron chi connectivity index (χ1n) is 9.90. The summed E-state index contributed by atoms with van der Waals surface area (Å²) in [5.74, 6) is -4.98. The van der Waals surface area contributed by atoms with Gasteiger partial charge in [0.1, 0.15) is 24.2 Å². The second kappa shape index (κ2) is 13.1. The molecule has 5 atom stereocenters. The summed E-state index contributed by atoms with van der Waals surface area (Å²) >= 11 is 0. The van der Waals surface area contributed by atoms with Gasteiger partial charge in [0.2, 0.25) is 23.6 Å². The number of rotatable bonds is 14. The predicted octanol–water partition coefficient (Wildman–Crippen LogP) is -4.54. The number of hydrogen-bond acceptors (Lipinski definition) is 9. The Kier molecular flexibility index (Phi) is 10.9. The maximum atomic E-state index is 12.9. The van der Waals surface area contributed by atoms with E-state index in [0.717, 1.165) is 0 Å². The summed E-state index contributed by atoms with van der Waals surface area (Å²) < 4.78 is 0. The summed E-state index contributed by atoms with van der Waals surface area (Å²) in [7, 11) is 0. The Balaban J connectivity index is 3.05. The molecule has 15 heteroatoms. The number of carbonyl (C=O) groups is 5. The van der Waals surface area contributed by atoms with Gasteiger partial charge in [0.05, 0.1) is 19.0 Å². The lowest BCUT2D eigenvalue weighted by Gasteiger charge is -2.25. The number of imidazole rings is 1. The molecule has 0 aliphatic heterocycles. The molecule has 4 amide bonds. The molecule has 0 spiro atoms. The van der Waals surface area contributed by atoms with Crippen molar-refractivity contribution in [3.05, 3.63) is 18.2 Å². The zero-order valence-electron chi connectivity index (χ0n) is 17.9. The molecule has 5 unspecified atom stereocenters. The van der Waals surface area contributed by atoms with Crippen molar-refractivity contribution in [1.29, 1.82) is 0 Å². The molecule has 15 nitrogen and oxygen atoms in total. The maximum Gasteiger partial charge on any atom is 0.328 e. The monoisotopic (exact) mass is 471 g/mol. The Morgan fingerprint density at radius 1 is 1.06 bits per heavy atom. The third-order valence-corrected chi connectivity index (χ3v) is 4.54. The SMILES string of the molecule is CC(O)C(N)C(=O)NC(Cc1cnc[nH]1)C(=O)NC(CCC(N)=O)C(=O)NC(CO)C(=O)O.